The molecule has 0 N–H and O–H groups in total. The van der Waals surface area contributed by atoms with Crippen LogP contribution in [0.3, 0.4) is 0 Å². The number of fused-ring (bicyclic) bond motifs is 6. The molecule has 0 radical (unpaired) electrons. The smallest absolute Gasteiger partial charge is 0.308 e. The largest absolute Gasteiger partial charge is 0.417 e. The fraction of sp³-hybridized carbons (Fsp3) is 0.109. The van der Waals surface area contributed by atoms with E-state index in [1.54, 1.807) is 0 Å². The molecule has 2 heterocycles. The van der Waals surface area contributed by atoms with Crippen LogP contribution in [0.2, 0.25) is 0 Å². The lowest BCUT2D eigenvalue weighted by atomic mass is 9.91. The van der Waals surface area contributed by atoms with Crippen LogP contribution in [0, 0.1) is 11.3 Å². The molecule has 2 aromatic heterocycles. The molecule has 0 bridgehead atoms. The third-order valence-corrected chi connectivity index (χ3v) is 12.9. The van der Waals surface area contributed by atoms with E-state index in [0.29, 0.717) is 42.5 Å². The topological polar surface area (TPSA) is 33.6 Å². The number of rotatable bonds is 5. The summed E-state index contributed by atoms with van der Waals surface area (Å²) < 4.78 is 262. The maximum absolute atomic E-state index is 15.1. The molecule has 0 atom stereocenters. The molecule has 0 aliphatic rings. The molecule has 8 aromatic carbocycles. The van der Waals surface area contributed by atoms with Crippen molar-refractivity contribution in [1.29, 1.82) is 5.26 Å². The van der Waals surface area contributed by atoms with E-state index in [4.69, 9.17) is 0 Å². The number of benzene rings is 8. The van der Waals surface area contributed by atoms with E-state index in [0.717, 1.165) is 24.3 Å². The fourth-order valence-corrected chi connectivity index (χ4v) is 9.77. The second kappa shape index (κ2) is 17.3. The van der Waals surface area contributed by atoms with Gasteiger partial charge in [-0.2, -0.15) is 84.3 Å². The zero-order valence-electron chi connectivity index (χ0n) is 37.6. The highest BCUT2D eigenvalue weighted by Gasteiger charge is 2.43. The molecule has 0 aliphatic carbocycles. The van der Waals surface area contributed by atoms with Crippen LogP contribution in [0.25, 0.3) is 88.4 Å². The highest BCUT2D eigenvalue weighted by molar-refractivity contribution is 6.12. The van der Waals surface area contributed by atoms with E-state index in [1.165, 1.54) is 81.9 Å². The summed E-state index contributed by atoms with van der Waals surface area (Å²) in [7, 11) is 0. The summed E-state index contributed by atoms with van der Waals surface area (Å²) in [6, 6.07) is 25.8. The van der Waals surface area contributed by atoms with Crippen LogP contribution >= 0.6 is 0 Å². The van der Waals surface area contributed by atoms with Crippen LogP contribution < -0.4 is 0 Å². The summed E-state index contributed by atoms with van der Waals surface area (Å²) >= 11 is 0. The molecule has 0 aliphatic heterocycles. The van der Waals surface area contributed by atoms with E-state index < -0.39 is 110 Å². The third-order valence-electron chi connectivity index (χ3n) is 12.9. The number of hydrogen-bond donors (Lipinski definition) is 0. The molecule has 76 heavy (non-hydrogen) atoms. The lowest BCUT2D eigenvalue weighted by Gasteiger charge is -2.22. The van der Waals surface area contributed by atoms with Crippen LogP contribution in [-0.2, 0) is 37.1 Å². The Bertz CT molecular complexity index is 3790. The van der Waals surface area contributed by atoms with Crippen molar-refractivity contribution in [1.82, 2.24) is 9.13 Å². The van der Waals surface area contributed by atoms with Crippen LogP contribution in [0.1, 0.15) is 38.9 Å². The maximum Gasteiger partial charge on any atom is 0.417 e. The van der Waals surface area contributed by atoms with Crippen LogP contribution in [0.5, 0.6) is 0 Å². The standard InChI is InChI=1S/C55H25F18N3/c56-50(57,58)30-14-16-32(41(24-30)54(68,69)70)27-12-18-45-36(20-27)34-6-1-3-10-43(34)75(45)47-22-29(49-39(52(62,63)64)8-5-9-40(49)53(65,66)67)23-48(38(47)26-74)76-44-11-4-2-7-35(44)37-21-28(13-19-46(37)76)33-17-15-31(51(59,60)61)25-42(33)55(71,72)73/h1-25H. The van der Waals surface area contributed by atoms with Gasteiger partial charge in [-0.15, -0.1) is 0 Å². The van der Waals surface area contributed by atoms with Gasteiger partial charge in [0.15, 0.2) is 0 Å². The second-order valence-corrected chi connectivity index (χ2v) is 17.4. The minimum absolute atomic E-state index is 0.00551. The van der Waals surface area contributed by atoms with Gasteiger partial charge in [-0.1, -0.05) is 66.7 Å². The molecular formula is C55H25F18N3. The predicted molar refractivity (Wildman–Crippen MR) is 246 cm³/mol. The first kappa shape index (κ1) is 51.1. The van der Waals surface area contributed by atoms with E-state index in [1.807, 2.05) is 6.07 Å². The van der Waals surface area contributed by atoms with Crippen molar-refractivity contribution in [2.45, 2.75) is 37.1 Å². The molecule has 0 unspecified atom stereocenters. The van der Waals surface area contributed by atoms with E-state index >= 15 is 26.3 Å². The molecule has 0 spiro atoms. The highest BCUT2D eigenvalue weighted by Crippen LogP contribution is 2.50. The number of nitrogens with zero attached hydrogens (tertiary/aromatic N) is 3. The van der Waals surface area contributed by atoms with Crippen LogP contribution in [0.15, 0.2) is 152 Å². The van der Waals surface area contributed by atoms with Gasteiger partial charge in [0.2, 0.25) is 0 Å². The van der Waals surface area contributed by atoms with Crippen molar-refractivity contribution in [3.05, 3.63) is 191 Å². The summed E-state index contributed by atoms with van der Waals surface area (Å²) in [5, 5.41) is 11.8. The average molecular weight is 1070 g/mol. The van der Waals surface area contributed by atoms with Crippen molar-refractivity contribution in [2.75, 3.05) is 0 Å². The van der Waals surface area contributed by atoms with Gasteiger partial charge in [0.1, 0.15) is 11.6 Å². The van der Waals surface area contributed by atoms with Crippen molar-refractivity contribution in [2.24, 2.45) is 0 Å². The Morgan fingerprint density at radius 3 is 1.04 bits per heavy atom. The summed E-state index contributed by atoms with van der Waals surface area (Å²) in [5.41, 5.74) is -15.2. The number of alkyl halides is 18. The average Bonchev–Trinajstić information content (AvgIpc) is 3.93. The van der Waals surface area contributed by atoms with Crippen LogP contribution in [-0.4, -0.2) is 9.13 Å². The molecule has 386 valence electrons. The Hall–Kier alpha value is -8.41. The normalized spacial score (nSPS) is 13.1. The molecule has 0 fully saturated rings. The Labute approximate surface area is 414 Å². The van der Waals surface area contributed by atoms with Gasteiger partial charge < -0.3 is 9.13 Å². The van der Waals surface area contributed by atoms with Crippen molar-refractivity contribution >= 4 is 43.6 Å². The van der Waals surface area contributed by atoms with Gasteiger partial charge in [0.25, 0.3) is 0 Å². The molecule has 21 heteroatoms. The van der Waals surface area contributed by atoms with Gasteiger partial charge in [-0.3, -0.25) is 0 Å². The third kappa shape index (κ3) is 8.68. The summed E-state index contributed by atoms with van der Waals surface area (Å²) in [6.07, 6.45) is -31.9. The first-order valence-electron chi connectivity index (χ1n) is 22.0. The minimum atomic E-state index is -5.46. The molecule has 0 amide bonds. The lowest BCUT2D eigenvalue weighted by Crippen LogP contribution is -2.15. The molecule has 0 saturated heterocycles. The molecule has 10 rings (SSSR count). The fourth-order valence-electron chi connectivity index (χ4n) is 9.77. The Morgan fingerprint density at radius 1 is 0.316 bits per heavy atom. The minimum Gasteiger partial charge on any atom is -0.308 e. The van der Waals surface area contributed by atoms with Gasteiger partial charge >= 0.3 is 37.1 Å². The zero-order valence-corrected chi connectivity index (χ0v) is 37.6. The lowest BCUT2D eigenvalue weighted by molar-refractivity contribution is -0.144. The molecule has 0 saturated carbocycles. The van der Waals surface area contributed by atoms with Crippen LogP contribution in [0.4, 0.5) is 79.0 Å². The highest BCUT2D eigenvalue weighted by atomic mass is 19.4. The summed E-state index contributed by atoms with van der Waals surface area (Å²) in [5.74, 6) is 0. The summed E-state index contributed by atoms with van der Waals surface area (Å²) in [6.45, 7) is 0. The van der Waals surface area contributed by atoms with Gasteiger partial charge in [-0.05, 0) is 113 Å². The van der Waals surface area contributed by atoms with E-state index in [-0.39, 0.29) is 66.9 Å². The first-order valence-corrected chi connectivity index (χ1v) is 22.0. The molecule has 3 nitrogen and oxygen atoms in total. The molecule has 10 aromatic rings. The number of hydrogen-bond acceptors (Lipinski definition) is 1. The first-order chi connectivity index (χ1) is 35.5. The maximum atomic E-state index is 15.1. The Balaban J connectivity index is 1.31. The number of nitriles is 1. The SMILES string of the molecule is N#Cc1c(-n2c3ccccc3c3cc(-c4ccc(C(F)(F)F)cc4C(F)(F)F)ccc32)cc(-c2c(C(F)(F)F)cccc2C(F)(F)F)cc1-n1c2ccccc2c2cc(-c3ccc(C(F)(F)F)cc3C(F)(F)F)ccc21. The van der Waals surface area contributed by atoms with Crippen molar-refractivity contribution in [3.63, 3.8) is 0 Å². The molecular weight excluding hydrogens is 1040 g/mol. The number of halogens is 18. The quantitative estimate of drug-likeness (QED) is 0.158. The monoisotopic (exact) mass is 1070 g/mol. The Kier molecular flexibility index (Phi) is 11.6. The summed E-state index contributed by atoms with van der Waals surface area (Å²) in [4.78, 5) is 0. The second-order valence-electron chi connectivity index (χ2n) is 17.4. The van der Waals surface area contributed by atoms with Gasteiger partial charge in [-0.25, -0.2) is 0 Å². The predicted octanol–water partition coefficient (Wildman–Crippen LogP) is 18.9. The van der Waals surface area contributed by atoms with Gasteiger partial charge in [0, 0.05) is 27.1 Å². The Morgan fingerprint density at radius 2 is 0.684 bits per heavy atom. The number of para-hydroxylation sites is 2. The van der Waals surface area contributed by atoms with Gasteiger partial charge in [0.05, 0.1) is 66.8 Å². The zero-order chi connectivity index (χ0) is 54.8. The van der Waals surface area contributed by atoms with Crippen molar-refractivity contribution < 1.29 is 79.0 Å². The number of aromatic nitrogens is 2. The van der Waals surface area contributed by atoms with E-state index in [9.17, 15) is 57.9 Å². The van der Waals surface area contributed by atoms with E-state index in [2.05, 4.69) is 0 Å². The van der Waals surface area contributed by atoms with Crippen molar-refractivity contribution in [3.8, 4) is 50.8 Å².